The Hall–Kier alpha value is -1.06. The van der Waals surface area contributed by atoms with E-state index >= 15 is 0 Å². The van der Waals surface area contributed by atoms with Gasteiger partial charge in [-0.05, 0) is 43.4 Å². The molecule has 2 rings (SSSR count). The molecule has 18 heavy (non-hydrogen) atoms. The number of ether oxygens (including phenoxy) is 2. The molecule has 0 aromatic heterocycles. The maximum absolute atomic E-state index is 10.3. The first kappa shape index (κ1) is 13.4. The maximum Gasteiger partial charge on any atom is 0.119 e. The Morgan fingerprint density at radius 2 is 2.17 bits per heavy atom. The van der Waals surface area contributed by atoms with Crippen LogP contribution in [0.2, 0.25) is 0 Å². The van der Waals surface area contributed by atoms with E-state index in [0.29, 0.717) is 18.9 Å². The van der Waals surface area contributed by atoms with Crippen LogP contribution in [-0.4, -0.2) is 31.0 Å². The second kappa shape index (κ2) is 6.21. The average molecular weight is 250 g/mol. The second-order valence-electron chi connectivity index (χ2n) is 4.88. The Balaban J connectivity index is 1.97. The van der Waals surface area contributed by atoms with E-state index in [2.05, 4.69) is 0 Å². The lowest BCUT2D eigenvalue weighted by Crippen LogP contribution is -2.32. The van der Waals surface area contributed by atoms with Crippen LogP contribution in [0.1, 0.15) is 25.3 Å². The van der Waals surface area contributed by atoms with Gasteiger partial charge >= 0.3 is 0 Å². The quantitative estimate of drug-likeness (QED) is 0.807. The molecule has 0 heterocycles. The molecule has 1 aromatic rings. The van der Waals surface area contributed by atoms with E-state index < -0.39 is 6.10 Å². The standard InChI is InChI=1S/C15H22O3/c1-3-18-15(12-7-8-12)14(16)10-11-5-4-6-13(9-11)17-2/h4-6,9,12,14-16H,3,7-8,10H2,1-2H3. The van der Waals surface area contributed by atoms with Gasteiger partial charge in [0.15, 0.2) is 0 Å². The third-order valence-electron chi connectivity index (χ3n) is 3.40. The minimum Gasteiger partial charge on any atom is -0.497 e. The Kier molecular flexibility index (Phi) is 4.61. The summed E-state index contributed by atoms with van der Waals surface area (Å²) in [5, 5.41) is 10.3. The van der Waals surface area contributed by atoms with Crippen LogP contribution in [0, 0.1) is 5.92 Å². The van der Waals surface area contributed by atoms with E-state index in [-0.39, 0.29) is 6.10 Å². The van der Waals surface area contributed by atoms with Crippen LogP contribution >= 0.6 is 0 Å². The molecule has 0 bridgehead atoms. The first-order valence-electron chi connectivity index (χ1n) is 6.67. The summed E-state index contributed by atoms with van der Waals surface area (Å²) in [5.41, 5.74) is 1.09. The van der Waals surface area contributed by atoms with E-state index in [1.807, 2.05) is 31.2 Å². The van der Waals surface area contributed by atoms with Gasteiger partial charge in [0.2, 0.25) is 0 Å². The number of rotatable bonds is 7. The SMILES string of the molecule is CCOC(C(O)Cc1cccc(OC)c1)C1CC1. The summed E-state index contributed by atoms with van der Waals surface area (Å²) in [6.45, 7) is 2.64. The molecule has 1 aromatic carbocycles. The Labute approximate surface area is 109 Å². The number of benzene rings is 1. The van der Waals surface area contributed by atoms with Gasteiger partial charge < -0.3 is 14.6 Å². The molecular weight excluding hydrogens is 228 g/mol. The topological polar surface area (TPSA) is 38.7 Å². The fourth-order valence-electron chi connectivity index (χ4n) is 2.34. The van der Waals surface area contributed by atoms with Gasteiger partial charge in [-0.1, -0.05) is 12.1 Å². The van der Waals surface area contributed by atoms with Crippen molar-refractivity contribution in [2.75, 3.05) is 13.7 Å². The summed E-state index contributed by atoms with van der Waals surface area (Å²) in [7, 11) is 1.66. The molecule has 0 spiro atoms. The number of methoxy groups -OCH3 is 1. The molecule has 0 amide bonds. The van der Waals surface area contributed by atoms with Crippen LogP contribution in [-0.2, 0) is 11.2 Å². The molecule has 100 valence electrons. The zero-order valence-corrected chi connectivity index (χ0v) is 11.1. The third kappa shape index (κ3) is 3.47. The van der Waals surface area contributed by atoms with Crippen LogP contribution in [0.15, 0.2) is 24.3 Å². The van der Waals surface area contributed by atoms with E-state index in [4.69, 9.17) is 9.47 Å². The zero-order valence-electron chi connectivity index (χ0n) is 11.1. The minimum atomic E-state index is -0.426. The second-order valence-corrected chi connectivity index (χ2v) is 4.88. The molecule has 3 nitrogen and oxygen atoms in total. The molecule has 2 atom stereocenters. The highest BCUT2D eigenvalue weighted by Crippen LogP contribution is 2.36. The minimum absolute atomic E-state index is 0.0128. The monoisotopic (exact) mass is 250 g/mol. The molecule has 1 aliphatic rings. The van der Waals surface area contributed by atoms with Crippen molar-refractivity contribution >= 4 is 0 Å². The van der Waals surface area contributed by atoms with Gasteiger partial charge in [-0.25, -0.2) is 0 Å². The highest BCUT2D eigenvalue weighted by Gasteiger charge is 2.36. The normalized spacial score (nSPS) is 18.4. The van der Waals surface area contributed by atoms with Gasteiger partial charge in [0.1, 0.15) is 5.75 Å². The van der Waals surface area contributed by atoms with E-state index in [1.165, 1.54) is 12.8 Å². The third-order valence-corrected chi connectivity index (χ3v) is 3.40. The summed E-state index contributed by atoms with van der Waals surface area (Å²) in [5.74, 6) is 1.38. The van der Waals surface area contributed by atoms with Crippen molar-refractivity contribution in [2.45, 2.75) is 38.4 Å². The molecule has 3 heteroatoms. The highest BCUT2D eigenvalue weighted by molar-refractivity contribution is 5.28. The van der Waals surface area contributed by atoms with Gasteiger partial charge in [-0.2, -0.15) is 0 Å². The molecule has 1 aliphatic carbocycles. The lowest BCUT2D eigenvalue weighted by Gasteiger charge is -2.22. The maximum atomic E-state index is 10.3. The largest absolute Gasteiger partial charge is 0.497 e. The predicted molar refractivity (Wildman–Crippen MR) is 70.8 cm³/mol. The van der Waals surface area contributed by atoms with Crippen molar-refractivity contribution in [2.24, 2.45) is 5.92 Å². The first-order chi connectivity index (χ1) is 8.74. The molecule has 2 unspecified atom stereocenters. The van der Waals surface area contributed by atoms with Crippen LogP contribution in [0.3, 0.4) is 0 Å². The predicted octanol–water partition coefficient (Wildman–Crippen LogP) is 2.41. The Morgan fingerprint density at radius 3 is 2.78 bits per heavy atom. The van der Waals surface area contributed by atoms with Crippen molar-refractivity contribution in [3.8, 4) is 5.75 Å². The van der Waals surface area contributed by atoms with Crippen LogP contribution in [0.5, 0.6) is 5.75 Å². The number of aliphatic hydroxyl groups is 1. The lowest BCUT2D eigenvalue weighted by molar-refractivity contribution is -0.0439. The summed E-state index contributed by atoms with van der Waals surface area (Å²) in [6.07, 6.45) is 2.55. The van der Waals surface area contributed by atoms with Crippen molar-refractivity contribution in [3.63, 3.8) is 0 Å². The fraction of sp³-hybridized carbons (Fsp3) is 0.600. The van der Waals surface area contributed by atoms with Crippen LogP contribution in [0.25, 0.3) is 0 Å². The first-order valence-corrected chi connectivity index (χ1v) is 6.67. The van der Waals surface area contributed by atoms with Crippen molar-refractivity contribution < 1.29 is 14.6 Å². The molecule has 0 aliphatic heterocycles. The fourth-order valence-corrected chi connectivity index (χ4v) is 2.34. The van der Waals surface area contributed by atoms with Gasteiger partial charge in [-0.15, -0.1) is 0 Å². The van der Waals surface area contributed by atoms with Crippen LogP contribution < -0.4 is 4.74 Å². The molecule has 1 N–H and O–H groups in total. The van der Waals surface area contributed by atoms with Crippen molar-refractivity contribution in [3.05, 3.63) is 29.8 Å². The Morgan fingerprint density at radius 1 is 1.39 bits per heavy atom. The number of hydrogen-bond donors (Lipinski definition) is 1. The number of hydrogen-bond acceptors (Lipinski definition) is 3. The van der Waals surface area contributed by atoms with Crippen molar-refractivity contribution in [1.29, 1.82) is 0 Å². The van der Waals surface area contributed by atoms with Crippen molar-refractivity contribution in [1.82, 2.24) is 0 Å². The summed E-state index contributed by atoms with van der Waals surface area (Å²) < 4.78 is 10.9. The van der Waals surface area contributed by atoms with E-state index in [0.717, 1.165) is 11.3 Å². The van der Waals surface area contributed by atoms with Crippen LogP contribution in [0.4, 0.5) is 0 Å². The van der Waals surface area contributed by atoms with E-state index in [1.54, 1.807) is 7.11 Å². The number of aliphatic hydroxyl groups excluding tert-OH is 1. The molecule has 0 saturated heterocycles. The molecule has 1 fully saturated rings. The molecule has 1 saturated carbocycles. The van der Waals surface area contributed by atoms with Gasteiger partial charge in [0, 0.05) is 13.0 Å². The van der Waals surface area contributed by atoms with Gasteiger partial charge in [-0.3, -0.25) is 0 Å². The van der Waals surface area contributed by atoms with Gasteiger partial charge in [0.25, 0.3) is 0 Å². The molecular formula is C15H22O3. The average Bonchev–Trinajstić information content (AvgIpc) is 3.20. The zero-order chi connectivity index (χ0) is 13.0. The summed E-state index contributed by atoms with van der Waals surface area (Å²) in [6, 6.07) is 7.85. The highest BCUT2D eigenvalue weighted by atomic mass is 16.5. The lowest BCUT2D eigenvalue weighted by atomic mass is 10.0. The smallest absolute Gasteiger partial charge is 0.119 e. The Bertz CT molecular complexity index is 374. The summed E-state index contributed by atoms with van der Waals surface area (Å²) in [4.78, 5) is 0. The van der Waals surface area contributed by atoms with E-state index in [9.17, 15) is 5.11 Å². The van der Waals surface area contributed by atoms with Gasteiger partial charge in [0.05, 0.1) is 19.3 Å². The summed E-state index contributed by atoms with van der Waals surface area (Å²) >= 11 is 0. The molecule has 0 radical (unpaired) electrons.